The standard InChI is InChI=1S/C22H32F2N4/c1-3-27-15-20(16-27)28-12-10-18(11-13-28)14-17-4-6-19(7-5-17)21(26-25-2)8-9-22(23)24/h4-7,18,20,22H,2-3,8-16H2,1H3/b26-21+. The first-order valence-electron chi connectivity index (χ1n) is 10.5. The molecule has 2 saturated heterocycles. The molecule has 2 aliphatic rings. The van der Waals surface area contributed by atoms with Crippen LogP contribution in [-0.2, 0) is 6.42 Å². The number of likely N-dealkylation sites (N-methyl/N-ethyl adjacent to an activating group) is 1. The molecule has 4 nitrogen and oxygen atoms in total. The predicted octanol–water partition coefficient (Wildman–Crippen LogP) is 4.10. The van der Waals surface area contributed by atoms with E-state index < -0.39 is 6.43 Å². The maximum atomic E-state index is 12.5. The largest absolute Gasteiger partial charge is 0.300 e. The lowest BCUT2D eigenvalue weighted by Gasteiger charge is -2.47. The number of nitrogens with zero attached hydrogens (tertiary/aromatic N) is 4. The second-order valence-corrected chi connectivity index (χ2v) is 8.00. The molecule has 0 N–H and O–H groups in total. The summed E-state index contributed by atoms with van der Waals surface area (Å²) in [5, 5.41) is 7.48. The van der Waals surface area contributed by atoms with E-state index in [2.05, 4.69) is 45.8 Å². The zero-order valence-electron chi connectivity index (χ0n) is 16.9. The average Bonchev–Trinajstić information content (AvgIpc) is 2.66. The zero-order chi connectivity index (χ0) is 19.9. The first-order valence-corrected chi connectivity index (χ1v) is 10.5. The Kier molecular flexibility index (Phi) is 7.68. The molecule has 154 valence electrons. The number of hydrogen-bond acceptors (Lipinski definition) is 4. The van der Waals surface area contributed by atoms with Crippen molar-refractivity contribution in [1.82, 2.24) is 9.80 Å². The maximum Gasteiger partial charge on any atom is 0.239 e. The summed E-state index contributed by atoms with van der Waals surface area (Å²) < 4.78 is 25.0. The van der Waals surface area contributed by atoms with E-state index in [1.807, 2.05) is 12.1 Å². The molecule has 6 heteroatoms. The Morgan fingerprint density at radius 2 is 1.86 bits per heavy atom. The summed E-state index contributed by atoms with van der Waals surface area (Å²) in [6, 6.07) is 8.94. The van der Waals surface area contributed by atoms with Crippen molar-refractivity contribution in [2.75, 3.05) is 32.7 Å². The average molecular weight is 391 g/mol. The van der Waals surface area contributed by atoms with Crippen molar-refractivity contribution >= 4 is 12.4 Å². The molecule has 1 aromatic rings. The number of piperidine rings is 1. The summed E-state index contributed by atoms with van der Waals surface area (Å²) in [6.07, 6.45) is 1.28. The van der Waals surface area contributed by atoms with Gasteiger partial charge in [0.1, 0.15) is 0 Å². The van der Waals surface area contributed by atoms with Crippen LogP contribution in [0.15, 0.2) is 34.5 Å². The molecule has 0 radical (unpaired) electrons. The summed E-state index contributed by atoms with van der Waals surface area (Å²) in [5.41, 5.74) is 2.75. The minimum atomic E-state index is -2.33. The smallest absolute Gasteiger partial charge is 0.239 e. The van der Waals surface area contributed by atoms with Crippen LogP contribution < -0.4 is 0 Å². The Morgan fingerprint density at radius 1 is 1.18 bits per heavy atom. The van der Waals surface area contributed by atoms with Crippen molar-refractivity contribution in [3.8, 4) is 0 Å². The normalized spacial score (nSPS) is 20.5. The van der Waals surface area contributed by atoms with Crippen LogP contribution in [-0.4, -0.2) is 67.4 Å². The Hall–Kier alpha value is -1.66. The zero-order valence-corrected chi connectivity index (χ0v) is 16.9. The Bertz CT molecular complexity index is 645. The fraction of sp³-hybridized carbons (Fsp3) is 0.636. The highest BCUT2D eigenvalue weighted by Crippen LogP contribution is 2.26. The molecule has 28 heavy (non-hydrogen) atoms. The van der Waals surface area contributed by atoms with E-state index in [1.165, 1.54) is 51.1 Å². The molecule has 0 bridgehead atoms. The predicted molar refractivity (Wildman–Crippen MR) is 112 cm³/mol. The van der Waals surface area contributed by atoms with Crippen molar-refractivity contribution in [3.63, 3.8) is 0 Å². The van der Waals surface area contributed by atoms with E-state index in [-0.39, 0.29) is 12.8 Å². The van der Waals surface area contributed by atoms with Gasteiger partial charge in [0.2, 0.25) is 6.43 Å². The van der Waals surface area contributed by atoms with Gasteiger partial charge in [0.15, 0.2) is 0 Å². The van der Waals surface area contributed by atoms with Crippen molar-refractivity contribution in [2.24, 2.45) is 16.1 Å². The van der Waals surface area contributed by atoms with Crippen LogP contribution in [0.2, 0.25) is 0 Å². The molecule has 0 aliphatic carbocycles. The van der Waals surface area contributed by atoms with E-state index in [1.54, 1.807) is 0 Å². The molecular weight excluding hydrogens is 358 g/mol. The number of likely N-dealkylation sites (tertiary alicyclic amines) is 2. The monoisotopic (exact) mass is 390 g/mol. The van der Waals surface area contributed by atoms with Crippen molar-refractivity contribution in [3.05, 3.63) is 35.4 Å². The fourth-order valence-electron chi connectivity index (χ4n) is 4.30. The number of halogens is 2. The second-order valence-electron chi connectivity index (χ2n) is 8.00. The molecule has 2 fully saturated rings. The Morgan fingerprint density at radius 3 is 2.43 bits per heavy atom. The summed E-state index contributed by atoms with van der Waals surface area (Å²) in [7, 11) is 0. The quantitative estimate of drug-likeness (QED) is 0.470. The highest BCUT2D eigenvalue weighted by atomic mass is 19.3. The van der Waals surface area contributed by atoms with Gasteiger partial charge >= 0.3 is 0 Å². The van der Waals surface area contributed by atoms with Gasteiger partial charge < -0.3 is 4.90 Å². The third-order valence-electron chi connectivity index (χ3n) is 6.15. The van der Waals surface area contributed by atoms with E-state index in [0.29, 0.717) is 5.71 Å². The first-order chi connectivity index (χ1) is 13.6. The molecule has 3 rings (SSSR count). The third kappa shape index (κ3) is 5.67. The highest BCUT2D eigenvalue weighted by Gasteiger charge is 2.32. The fourth-order valence-corrected chi connectivity index (χ4v) is 4.30. The van der Waals surface area contributed by atoms with E-state index in [4.69, 9.17) is 0 Å². The van der Waals surface area contributed by atoms with E-state index in [9.17, 15) is 8.78 Å². The Labute approximate surface area is 167 Å². The van der Waals surface area contributed by atoms with Crippen LogP contribution in [0.5, 0.6) is 0 Å². The molecular formula is C22H32F2N4. The Balaban J connectivity index is 1.48. The molecule has 0 unspecified atom stereocenters. The van der Waals surface area contributed by atoms with Crippen molar-refractivity contribution < 1.29 is 8.78 Å². The minimum Gasteiger partial charge on any atom is -0.300 e. The van der Waals surface area contributed by atoms with E-state index in [0.717, 1.165) is 23.9 Å². The number of alkyl halides is 2. The molecule has 2 heterocycles. The molecule has 0 spiro atoms. The lowest BCUT2D eigenvalue weighted by atomic mass is 9.88. The molecule has 0 amide bonds. The molecule has 0 atom stereocenters. The van der Waals surface area contributed by atoms with Gasteiger partial charge in [-0.3, -0.25) is 4.90 Å². The molecule has 2 aliphatic heterocycles. The lowest BCUT2D eigenvalue weighted by molar-refractivity contribution is 0.0177. The van der Waals surface area contributed by atoms with Crippen LogP contribution >= 0.6 is 0 Å². The summed E-state index contributed by atoms with van der Waals surface area (Å²) in [4.78, 5) is 5.17. The van der Waals surface area contributed by atoms with Gasteiger partial charge in [-0.2, -0.15) is 10.2 Å². The van der Waals surface area contributed by atoms with Gasteiger partial charge in [0.25, 0.3) is 0 Å². The van der Waals surface area contributed by atoms with Gasteiger partial charge in [0, 0.05) is 32.3 Å². The van der Waals surface area contributed by atoms with Gasteiger partial charge in [-0.1, -0.05) is 31.2 Å². The second kappa shape index (κ2) is 10.2. The molecule has 1 aromatic carbocycles. The minimum absolute atomic E-state index is 0.203. The summed E-state index contributed by atoms with van der Waals surface area (Å²) >= 11 is 0. The van der Waals surface area contributed by atoms with Crippen LogP contribution in [0.3, 0.4) is 0 Å². The van der Waals surface area contributed by atoms with Gasteiger partial charge in [-0.05, 0) is 62.4 Å². The highest BCUT2D eigenvalue weighted by molar-refractivity contribution is 6.00. The van der Waals surface area contributed by atoms with Crippen LogP contribution in [0.25, 0.3) is 0 Å². The molecule has 0 aromatic heterocycles. The van der Waals surface area contributed by atoms with Gasteiger partial charge in [0.05, 0.1) is 5.71 Å². The van der Waals surface area contributed by atoms with Gasteiger partial charge in [-0.15, -0.1) is 0 Å². The van der Waals surface area contributed by atoms with Crippen LogP contribution in [0, 0.1) is 5.92 Å². The number of rotatable bonds is 9. The molecule has 0 saturated carbocycles. The number of benzene rings is 1. The van der Waals surface area contributed by atoms with Gasteiger partial charge in [-0.25, -0.2) is 8.78 Å². The topological polar surface area (TPSA) is 31.2 Å². The van der Waals surface area contributed by atoms with Crippen molar-refractivity contribution in [1.29, 1.82) is 0 Å². The summed E-state index contributed by atoms with van der Waals surface area (Å²) in [5.74, 6) is 0.728. The van der Waals surface area contributed by atoms with Crippen molar-refractivity contribution in [2.45, 2.75) is 51.5 Å². The first kappa shape index (κ1) is 21.1. The van der Waals surface area contributed by atoms with E-state index >= 15 is 0 Å². The third-order valence-corrected chi connectivity index (χ3v) is 6.15. The maximum absolute atomic E-state index is 12.5. The van der Waals surface area contributed by atoms with Crippen LogP contribution in [0.4, 0.5) is 8.78 Å². The van der Waals surface area contributed by atoms with Crippen LogP contribution in [0.1, 0.15) is 43.7 Å². The summed E-state index contributed by atoms with van der Waals surface area (Å²) in [6.45, 7) is 11.6. The SMILES string of the molecule is C=N/N=C(\CCC(F)F)c1ccc(CC2CCN(C3CN(CC)C3)CC2)cc1. The number of hydrogen-bond donors (Lipinski definition) is 0. The lowest BCUT2D eigenvalue weighted by Crippen LogP contribution is -2.60.